The molecule has 0 aromatic carbocycles. The third-order valence-electron chi connectivity index (χ3n) is 3.90. The molecule has 1 heteroatoms. The summed E-state index contributed by atoms with van der Waals surface area (Å²) >= 11 is 0. The minimum Gasteiger partial charge on any atom is -0.316 e. The maximum atomic E-state index is 3.63. The van der Waals surface area contributed by atoms with E-state index in [-0.39, 0.29) is 0 Å². The van der Waals surface area contributed by atoms with E-state index in [1.807, 2.05) is 0 Å². The van der Waals surface area contributed by atoms with Crippen molar-refractivity contribution in [3.8, 4) is 0 Å². The molecule has 0 aromatic rings. The van der Waals surface area contributed by atoms with Crippen LogP contribution in [0.25, 0.3) is 0 Å². The van der Waals surface area contributed by atoms with Gasteiger partial charge in [0.15, 0.2) is 0 Å². The standard InChI is InChI=1S/C14H29N/c1-3-4-5-6-7-11-15-12-14-10-8-9-13(14)2/h13-15H,3-12H2,1-2H3. The third kappa shape index (κ3) is 5.55. The zero-order valence-electron chi connectivity index (χ0n) is 10.7. The molecule has 1 aliphatic rings. The van der Waals surface area contributed by atoms with Crippen molar-refractivity contribution in [1.82, 2.24) is 5.32 Å². The van der Waals surface area contributed by atoms with E-state index in [1.54, 1.807) is 0 Å². The van der Waals surface area contributed by atoms with Crippen LogP contribution in [0.15, 0.2) is 0 Å². The highest BCUT2D eigenvalue weighted by molar-refractivity contribution is 4.75. The van der Waals surface area contributed by atoms with Gasteiger partial charge in [0.1, 0.15) is 0 Å². The first-order chi connectivity index (χ1) is 7.34. The van der Waals surface area contributed by atoms with Crippen LogP contribution in [-0.4, -0.2) is 13.1 Å². The number of hydrogen-bond acceptors (Lipinski definition) is 1. The average Bonchev–Trinajstić information content (AvgIpc) is 2.63. The van der Waals surface area contributed by atoms with Crippen molar-refractivity contribution in [2.75, 3.05) is 13.1 Å². The van der Waals surface area contributed by atoms with Gasteiger partial charge in [-0.2, -0.15) is 0 Å². The fourth-order valence-corrected chi connectivity index (χ4v) is 2.67. The smallest absolute Gasteiger partial charge is 0.00180 e. The van der Waals surface area contributed by atoms with Crippen LogP contribution in [0.4, 0.5) is 0 Å². The molecule has 0 spiro atoms. The van der Waals surface area contributed by atoms with Crippen molar-refractivity contribution in [3.63, 3.8) is 0 Å². The van der Waals surface area contributed by atoms with Crippen LogP contribution in [0.5, 0.6) is 0 Å². The zero-order chi connectivity index (χ0) is 10.9. The second-order valence-electron chi connectivity index (χ2n) is 5.29. The van der Waals surface area contributed by atoms with E-state index in [0.29, 0.717) is 0 Å². The molecule has 1 saturated carbocycles. The van der Waals surface area contributed by atoms with Gasteiger partial charge in [-0.15, -0.1) is 0 Å². The Balaban J connectivity index is 1.84. The fraction of sp³-hybridized carbons (Fsp3) is 1.00. The van der Waals surface area contributed by atoms with E-state index >= 15 is 0 Å². The van der Waals surface area contributed by atoms with Crippen LogP contribution < -0.4 is 5.32 Å². The van der Waals surface area contributed by atoms with Gasteiger partial charge in [0, 0.05) is 0 Å². The Kier molecular flexibility index (Phi) is 7.08. The summed E-state index contributed by atoms with van der Waals surface area (Å²) in [5.41, 5.74) is 0. The molecule has 0 bridgehead atoms. The van der Waals surface area contributed by atoms with E-state index in [2.05, 4.69) is 19.2 Å². The first-order valence-corrected chi connectivity index (χ1v) is 7.05. The lowest BCUT2D eigenvalue weighted by molar-refractivity contribution is 0.390. The van der Waals surface area contributed by atoms with E-state index in [0.717, 1.165) is 11.8 Å². The van der Waals surface area contributed by atoms with Crippen LogP contribution in [0, 0.1) is 11.8 Å². The predicted molar refractivity (Wildman–Crippen MR) is 68.1 cm³/mol. The summed E-state index contributed by atoms with van der Waals surface area (Å²) in [5.74, 6) is 1.94. The minimum absolute atomic E-state index is 0.970. The molecule has 1 rings (SSSR count). The lowest BCUT2D eigenvalue weighted by atomic mass is 9.98. The predicted octanol–water partition coefficient (Wildman–Crippen LogP) is 3.98. The molecule has 2 unspecified atom stereocenters. The highest BCUT2D eigenvalue weighted by atomic mass is 14.9. The molecule has 2 atom stereocenters. The quantitative estimate of drug-likeness (QED) is 0.599. The Hall–Kier alpha value is -0.0400. The summed E-state index contributed by atoms with van der Waals surface area (Å²) in [6.07, 6.45) is 11.4. The summed E-state index contributed by atoms with van der Waals surface area (Å²) in [7, 11) is 0. The maximum Gasteiger partial charge on any atom is -0.00180 e. The van der Waals surface area contributed by atoms with Crippen LogP contribution in [0.2, 0.25) is 0 Å². The number of hydrogen-bond donors (Lipinski definition) is 1. The topological polar surface area (TPSA) is 12.0 Å². The summed E-state index contributed by atoms with van der Waals surface area (Å²) in [6.45, 7) is 7.21. The minimum atomic E-state index is 0.970. The van der Waals surface area contributed by atoms with Crippen molar-refractivity contribution in [1.29, 1.82) is 0 Å². The molecule has 0 amide bonds. The van der Waals surface area contributed by atoms with Gasteiger partial charge in [-0.05, 0) is 37.8 Å². The van der Waals surface area contributed by atoms with Gasteiger partial charge in [0.25, 0.3) is 0 Å². The monoisotopic (exact) mass is 211 g/mol. The zero-order valence-corrected chi connectivity index (χ0v) is 10.7. The highest BCUT2D eigenvalue weighted by Gasteiger charge is 2.22. The maximum absolute atomic E-state index is 3.63. The normalized spacial score (nSPS) is 26.0. The van der Waals surface area contributed by atoms with Crippen molar-refractivity contribution in [2.24, 2.45) is 11.8 Å². The Bertz CT molecular complexity index is 144. The first kappa shape index (κ1) is 13.0. The van der Waals surface area contributed by atoms with Gasteiger partial charge in [-0.25, -0.2) is 0 Å². The Morgan fingerprint density at radius 2 is 1.87 bits per heavy atom. The second kappa shape index (κ2) is 8.15. The van der Waals surface area contributed by atoms with Gasteiger partial charge in [0.05, 0.1) is 0 Å². The van der Waals surface area contributed by atoms with E-state index < -0.39 is 0 Å². The number of nitrogens with one attached hydrogen (secondary N) is 1. The SMILES string of the molecule is CCCCCCCNCC1CCCC1C. The Labute approximate surface area is 96.0 Å². The van der Waals surface area contributed by atoms with Crippen molar-refractivity contribution in [3.05, 3.63) is 0 Å². The van der Waals surface area contributed by atoms with E-state index in [4.69, 9.17) is 0 Å². The Morgan fingerprint density at radius 1 is 1.07 bits per heavy atom. The molecule has 0 heterocycles. The Morgan fingerprint density at radius 3 is 2.53 bits per heavy atom. The fourth-order valence-electron chi connectivity index (χ4n) is 2.67. The van der Waals surface area contributed by atoms with Gasteiger partial charge < -0.3 is 5.32 Å². The number of unbranched alkanes of at least 4 members (excludes halogenated alkanes) is 4. The molecule has 90 valence electrons. The molecule has 0 aromatic heterocycles. The van der Waals surface area contributed by atoms with Gasteiger partial charge in [-0.3, -0.25) is 0 Å². The molecular formula is C14H29N. The molecule has 1 nitrogen and oxygen atoms in total. The average molecular weight is 211 g/mol. The van der Waals surface area contributed by atoms with Gasteiger partial charge >= 0.3 is 0 Å². The summed E-state index contributed by atoms with van der Waals surface area (Å²) in [4.78, 5) is 0. The summed E-state index contributed by atoms with van der Waals surface area (Å²) in [6, 6.07) is 0. The third-order valence-corrected chi connectivity index (χ3v) is 3.90. The molecule has 15 heavy (non-hydrogen) atoms. The van der Waals surface area contributed by atoms with Crippen LogP contribution in [0.3, 0.4) is 0 Å². The molecular weight excluding hydrogens is 182 g/mol. The van der Waals surface area contributed by atoms with Crippen molar-refractivity contribution in [2.45, 2.75) is 65.2 Å². The lowest BCUT2D eigenvalue weighted by Crippen LogP contribution is -2.25. The van der Waals surface area contributed by atoms with Crippen LogP contribution >= 0.6 is 0 Å². The van der Waals surface area contributed by atoms with Crippen LogP contribution in [-0.2, 0) is 0 Å². The summed E-state index contributed by atoms with van der Waals surface area (Å²) < 4.78 is 0. The van der Waals surface area contributed by atoms with Crippen LogP contribution in [0.1, 0.15) is 65.2 Å². The largest absolute Gasteiger partial charge is 0.316 e. The van der Waals surface area contributed by atoms with E-state index in [1.165, 1.54) is 64.5 Å². The molecule has 0 aliphatic heterocycles. The lowest BCUT2D eigenvalue weighted by Gasteiger charge is -2.15. The molecule has 1 N–H and O–H groups in total. The number of rotatable bonds is 8. The molecule has 0 radical (unpaired) electrons. The second-order valence-corrected chi connectivity index (χ2v) is 5.29. The highest BCUT2D eigenvalue weighted by Crippen LogP contribution is 2.30. The van der Waals surface area contributed by atoms with Crippen molar-refractivity contribution < 1.29 is 0 Å². The molecule has 1 aliphatic carbocycles. The molecule has 1 fully saturated rings. The van der Waals surface area contributed by atoms with Gasteiger partial charge in [-0.1, -0.05) is 52.4 Å². The first-order valence-electron chi connectivity index (χ1n) is 7.05. The van der Waals surface area contributed by atoms with Gasteiger partial charge in [0.2, 0.25) is 0 Å². The molecule has 0 saturated heterocycles. The van der Waals surface area contributed by atoms with E-state index in [9.17, 15) is 0 Å². The summed E-state index contributed by atoms with van der Waals surface area (Å²) in [5, 5.41) is 3.63. The van der Waals surface area contributed by atoms with Crippen molar-refractivity contribution >= 4 is 0 Å².